The van der Waals surface area contributed by atoms with Crippen LogP contribution in [0.25, 0.3) is 0 Å². The van der Waals surface area contributed by atoms with Gasteiger partial charge in [-0.15, -0.1) is 0 Å². The third kappa shape index (κ3) is 2.71. The summed E-state index contributed by atoms with van der Waals surface area (Å²) >= 11 is 0. The zero-order valence-corrected chi connectivity index (χ0v) is 18.2. The minimum absolute atomic E-state index is 0.117. The largest absolute Gasteiger partial charge is 0.511 e. The Hall–Kier alpha value is -3.00. The Bertz CT molecular complexity index is 1130. The van der Waals surface area contributed by atoms with Gasteiger partial charge >= 0.3 is 0 Å². The maximum absolute atomic E-state index is 13.0. The number of phenols is 1. The van der Waals surface area contributed by atoms with Crippen molar-refractivity contribution in [2.45, 2.75) is 50.0 Å². The molecule has 5 rings (SSSR count). The first-order valence-corrected chi connectivity index (χ1v) is 11.0. The number of aromatic hydroxyl groups is 1. The van der Waals surface area contributed by atoms with Crippen LogP contribution in [0.1, 0.15) is 48.3 Å². The van der Waals surface area contributed by atoms with Gasteiger partial charge in [-0.1, -0.05) is 0 Å². The Labute approximate surface area is 185 Å². The second-order valence-electron chi connectivity index (χ2n) is 9.83. The molecule has 170 valence electrons. The van der Waals surface area contributed by atoms with Crippen molar-refractivity contribution in [3.05, 3.63) is 45.4 Å². The maximum Gasteiger partial charge on any atom is 0.255 e. The third-order valence-corrected chi connectivity index (χ3v) is 7.71. The number of carbonyl (C=O) groups is 2. The number of primary amides is 1. The fourth-order valence-electron chi connectivity index (χ4n) is 5.89. The van der Waals surface area contributed by atoms with E-state index in [0.717, 1.165) is 35.2 Å². The number of hydrogen-bond acceptors (Lipinski definition) is 7. The number of Topliss-reactive ketones (excluding diaryl/α,β-unsaturated/α-hetero) is 1. The topological polar surface area (TPSA) is 144 Å². The summed E-state index contributed by atoms with van der Waals surface area (Å²) in [5, 5.41) is 43.8. The van der Waals surface area contributed by atoms with Crippen molar-refractivity contribution in [1.82, 2.24) is 0 Å². The number of rotatable bonds is 3. The second kappa shape index (κ2) is 6.75. The first-order valence-electron chi connectivity index (χ1n) is 11.0. The van der Waals surface area contributed by atoms with Gasteiger partial charge in [-0.05, 0) is 60.3 Å². The number of phenolic OH excluding ortho intramolecular Hbond substituents is 1. The predicted molar refractivity (Wildman–Crippen MR) is 116 cm³/mol. The van der Waals surface area contributed by atoms with Gasteiger partial charge < -0.3 is 31.1 Å². The molecule has 1 aromatic carbocycles. The molecule has 0 unspecified atom stereocenters. The number of amides is 1. The van der Waals surface area contributed by atoms with E-state index in [1.807, 2.05) is 19.0 Å². The summed E-state index contributed by atoms with van der Waals surface area (Å²) < 4.78 is 0. The summed E-state index contributed by atoms with van der Waals surface area (Å²) in [4.78, 5) is 26.8. The number of nitrogens with two attached hydrogens (primary N) is 1. The number of ketones is 1. The third-order valence-electron chi connectivity index (χ3n) is 7.71. The van der Waals surface area contributed by atoms with Crippen LogP contribution in [0.15, 0.2) is 28.7 Å². The summed E-state index contributed by atoms with van der Waals surface area (Å²) in [6.07, 6.45) is 3.04. The highest BCUT2D eigenvalue weighted by molar-refractivity contribution is 6.23. The molecule has 0 bridgehead atoms. The minimum Gasteiger partial charge on any atom is -0.511 e. The van der Waals surface area contributed by atoms with E-state index in [9.17, 15) is 30.0 Å². The number of fused-ring (bicyclic) bond motifs is 3. The smallest absolute Gasteiger partial charge is 0.255 e. The molecule has 0 heterocycles. The number of aliphatic hydroxyl groups is 3. The first kappa shape index (κ1) is 20.9. The van der Waals surface area contributed by atoms with Gasteiger partial charge in [0.2, 0.25) is 5.78 Å². The summed E-state index contributed by atoms with van der Waals surface area (Å²) in [7, 11) is 3.92. The van der Waals surface area contributed by atoms with Crippen molar-refractivity contribution in [2.75, 3.05) is 19.0 Å². The fourth-order valence-corrected chi connectivity index (χ4v) is 5.89. The lowest BCUT2D eigenvalue weighted by molar-refractivity contribution is -0.144. The van der Waals surface area contributed by atoms with Crippen LogP contribution in [-0.4, -0.2) is 51.8 Å². The lowest BCUT2D eigenvalue weighted by Crippen LogP contribution is -2.56. The molecule has 1 amide bonds. The van der Waals surface area contributed by atoms with E-state index in [-0.39, 0.29) is 24.5 Å². The summed E-state index contributed by atoms with van der Waals surface area (Å²) in [5.41, 5.74) is 6.46. The van der Waals surface area contributed by atoms with Crippen molar-refractivity contribution in [3.8, 4) is 5.75 Å². The van der Waals surface area contributed by atoms with Crippen LogP contribution >= 0.6 is 0 Å². The number of nitrogens with zero attached hydrogens (tertiary/aromatic N) is 1. The molecule has 0 aromatic heterocycles. The van der Waals surface area contributed by atoms with Crippen LogP contribution in [0.5, 0.6) is 5.75 Å². The van der Waals surface area contributed by atoms with E-state index in [0.29, 0.717) is 24.3 Å². The number of carbonyl (C=O) groups excluding carboxylic acids is 2. The minimum atomic E-state index is -2.30. The van der Waals surface area contributed by atoms with Gasteiger partial charge in [-0.3, -0.25) is 9.59 Å². The van der Waals surface area contributed by atoms with Gasteiger partial charge in [0.25, 0.3) is 5.91 Å². The van der Waals surface area contributed by atoms with Crippen molar-refractivity contribution in [3.63, 3.8) is 0 Å². The fraction of sp³-hybridized carbons (Fsp3) is 0.500. The van der Waals surface area contributed by atoms with Crippen LogP contribution in [-0.2, 0) is 22.4 Å². The van der Waals surface area contributed by atoms with Crippen LogP contribution in [0.2, 0.25) is 0 Å². The molecule has 1 aromatic rings. The number of aliphatic hydroxyl groups excluding tert-OH is 2. The van der Waals surface area contributed by atoms with Crippen LogP contribution in [0.3, 0.4) is 0 Å². The Morgan fingerprint density at radius 1 is 1.12 bits per heavy atom. The van der Waals surface area contributed by atoms with Gasteiger partial charge in [0.05, 0.1) is 0 Å². The number of benzene rings is 1. The van der Waals surface area contributed by atoms with E-state index < -0.39 is 40.3 Å². The zero-order valence-electron chi connectivity index (χ0n) is 18.2. The zero-order chi connectivity index (χ0) is 23.1. The highest BCUT2D eigenvalue weighted by atomic mass is 16.3. The molecule has 6 N–H and O–H groups in total. The Morgan fingerprint density at radius 3 is 2.41 bits per heavy atom. The van der Waals surface area contributed by atoms with E-state index in [2.05, 4.69) is 6.07 Å². The van der Waals surface area contributed by atoms with Crippen LogP contribution < -0.4 is 10.6 Å². The number of hydrogen-bond donors (Lipinski definition) is 5. The van der Waals surface area contributed by atoms with Crippen LogP contribution in [0.4, 0.5) is 5.69 Å². The molecular weight excluding hydrogens is 412 g/mol. The molecule has 0 radical (unpaired) electrons. The molecule has 0 spiro atoms. The molecule has 0 aliphatic heterocycles. The van der Waals surface area contributed by atoms with E-state index in [1.165, 1.54) is 0 Å². The van der Waals surface area contributed by atoms with Crippen molar-refractivity contribution < 1.29 is 30.0 Å². The average Bonchev–Trinajstić information content (AvgIpc) is 3.55. The van der Waals surface area contributed by atoms with Gasteiger partial charge in [-0.25, -0.2) is 0 Å². The molecule has 1 saturated carbocycles. The van der Waals surface area contributed by atoms with Gasteiger partial charge in [0.15, 0.2) is 5.60 Å². The van der Waals surface area contributed by atoms with E-state index >= 15 is 0 Å². The van der Waals surface area contributed by atoms with Crippen molar-refractivity contribution in [1.29, 1.82) is 0 Å². The molecule has 0 saturated heterocycles. The molecular formula is C24H28N2O6. The Balaban J connectivity index is 1.65. The highest BCUT2D eigenvalue weighted by Gasteiger charge is 2.58. The van der Waals surface area contributed by atoms with Crippen LogP contribution in [0, 0.1) is 11.8 Å². The van der Waals surface area contributed by atoms with E-state index in [1.54, 1.807) is 0 Å². The first-order chi connectivity index (χ1) is 15.1. The molecule has 4 aliphatic carbocycles. The molecule has 8 nitrogen and oxygen atoms in total. The summed E-state index contributed by atoms with van der Waals surface area (Å²) in [6.45, 7) is 0. The predicted octanol–water partition coefficient (Wildman–Crippen LogP) is 1.88. The molecule has 4 aliphatic rings. The normalized spacial score (nSPS) is 29.4. The molecule has 3 atom stereocenters. The summed E-state index contributed by atoms with van der Waals surface area (Å²) in [6, 6.07) is 2.05. The van der Waals surface area contributed by atoms with Gasteiger partial charge in [-0.2, -0.15) is 0 Å². The number of anilines is 1. The molecule has 8 heteroatoms. The quantitative estimate of drug-likeness (QED) is 0.451. The summed E-state index contributed by atoms with van der Waals surface area (Å²) in [5.74, 6) is -3.47. The monoisotopic (exact) mass is 440 g/mol. The lowest BCUT2D eigenvalue weighted by atomic mass is 9.60. The van der Waals surface area contributed by atoms with Gasteiger partial charge in [0.1, 0.15) is 22.8 Å². The van der Waals surface area contributed by atoms with Crippen molar-refractivity contribution in [2.24, 2.45) is 17.6 Å². The highest BCUT2D eigenvalue weighted by Crippen LogP contribution is 2.54. The SMILES string of the molecule is CN(C)c1cc(C2CC2)c(O)c2c1C[C@H]1C[C@H]3CC(O)=C(C(N)=O)C(=O)[C@@]3(O)C(O)=C1C2. The van der Waals surface area contributed by atoms with Gasteiger partial charge in [0, 0.05) is 44.1 Å². The molecule has 1 fully saturated rings. The standard InChI is InChI=1S/C24H28N2O6/c1-26(2)17-9-13(10-3-4-10)20(28)16-8-14-11(6-15(16)17)5-12-7-18(27)19(23(25)31)22(30)24(12,32)21(14)29/h9-12,27-29,32H,3-8H2,1-2H3,(H2,25,31)/t11-,12+,24+/m1/s1. The van der Waals surface area contributed by atoms with E-state index in [4.69, 9.17) is 5.73 Å². The Morgan fingerprint density at radius 2 is 1.81 bits per heavy atom. The lowest BCUT2D eigenvalue weighted by Gasteiger charge is -2.46. The maximum atomic E-state index is 13.0. The second-order valence-corrected chi connectivity index (χ2v) is 9.83. The number of allylic oxidation sites excluding steroid dienone is 2. The molecule has 32 heavy (non-hydrogen) atoms. The average molecular weight is 440 g/mol. The van der Waals surface area contributed by atoms with Crippen molar-refractivity contribution >= 4 is 17.4 Å². The Kier molecular flexibility index (Phi) is 4.40.